The molecule has 142 valence electrons. The van der Waals surface area contributed by atoms with Crippen molar-refractivity contribution in [3.05, 3.63) is 53.1 Å². The number of aromatic nitrogens is 2. The lowest BCUT2D eigenvalue weighted by atomic mass is 10.0. The predicted octanol–water partition coefficient (Wildman–Crippen LogP) is 1.90. The summed E-state index contributed by atoms with van der Waals surface area (Å²) in [6.07, 6.45) is 1.58. The highest BCUT2D eigenvalue weighted by Gasteiger charge is 2.16. The number of hydrogen-bond donors (Lipinski definition) is 3. The molecule has 0 unspecified atom stereocenters. The quantitative estimate of drug-likeness (QED) is 0.684. The number of hydrogen-bond acceptors (Lipinski definition) is 5. The topological polar surface area (TPSA) is 121 Å². The number of carbonyl (C=O) groups excluding carboxylic acids is 2. The Kier molecular flexibility index (Phi) is 6.59. The molecule has 8 heteroatoms. The number of aliphatic carboxylic acids is 1. The van der Waals surface area contributed by atoms with Crippen LogP contribution in [0.25, 0.3) is 0 Å². The van der Waals surface area contributed by atoms with Gasteiger partial charge in [0.1, 0.15) is 12.4 Å². The average Bonchev–Trinajstić information content (AvgIpc) is 2.61. The maximum absolute atomic E-state index is 12.6. The highest BCUT2D eigenvalue weighted by molar-refractivity contribution is 6.05. The molecule has 2 amide bonds. The van der Waals surface area contributed by atoms with Gasteiger partial charge in [0.25, 0.3) is 5.91 Å². The van der Waals surface area contributed by atoms with Crippen molar-refractivity contribution in [3.63, 3.8) is 0 Å². The summed E-state index contributed by atoms with van der Waals surface area (Å²) in [6, 6.07) is 6.76. The van der Waals surface area contributed by atoms with Crippen LogP contribution in [-0.2, 0) is 16.0 Å². The lowest BCUT2D eigenvalue weighted by Crippen LogP contribution is -2.30. The zero-order valence-corrected chi connectivity index (χ0v) is 15.4. The van der Waals surface area contributed by atoms with Crippen molar-refractivity contribution in [1.29, 1.82) is 0 Å². The highest BCUT2D eigenvalue weighted by Crippen LogP contribution is 2.18. The van der Waals surface area contributed by atoms with Gasteiger partial charge in [-0.05, 0) is 30.5 Å². The molecule has 1 aromatic carbocycles. The van der Waals surface area contributed by atoms with Gasteiger partial charge in [0.05, 0.1) is 17.7 Å². The maximum Gasteiger partial charge on any atom is 0.322 e. The molecular formula is C19H22N4O4. The summed E-state index contributed by atoms with van der Waals surface area (Å²) in [5, 5.41) is 13.6. The number of rotatable bonds is 7. The van der Waals surface area contributed by atoms with E-state index in [-0.39, 0.29) is 24.2 Å². The lowest BCUT2D eigenvalue weighted by molar-refractivity contribution is -0.137. The third kappa shape index (κ3) is 5.88. The molecule has 0 saturated carbocycles. The largest absolute Gasteiger partial charge is 0.480 e. The number of aryl methyl sites for hydroxylation is 1. The number of amides is 2. The number of carboxylic acids is 1. The Labute approximate surface area is 157 Å². The summed E-state index contributed by atoms with van der Waals surface area (Å²) >= 11 is 0. The fraction of sp³-hybridized carbons (Fsp3) is 0.316. The van der Waals surface area contributed by atoms with E-state index in [1.807, 2.05) is 13.8 Å². The SMILES string of the molecule is Cc1ncc(C(=O)Nc2ccc(CC(=O)NCC(=O)O)cc2)c(C(C)C)n1. The Hall–Kier alpha value is -3.29. The Bertz CT molecular complexity index is 847. The predicted molar refractivity (Wildman–Crippen MR) is 99.6 cm³/mol. The molecule has 0 saturated heterocycles. The van der Waals surface area contributed by atoms with Gasteiger partial charge in [-0.1, -0.05) is 26.0 Å². The van der Waals surface area contributed by atoms with Crippen LogP contribution in [0.3, 0.4) is 0 Å². The summed E-state index contributed by atoms with van der Waals surface area (Å²) in [5.41, 5.74) is 2.39. The van der Waals surface area contributed by atoms with Crippen LogP contribution in [0, 0.1) is 6.92 Å². The summed E-state index contributed by atoms with van der Waals surface area (Å²) in [5.74, 6) is -1.08. The normalized spacial score (nSPS) is 10.5. The van der Waals surface area contributed by atoms with Crippen molar-refractivity contribution < 1.29 is 19.5 Å². The van der Waals surface area contributed by atoms with E-state index in [0.29, 0.717) is 28.3 Å². The van der Waals surface area contributed by atoms with Gasteiger partial charge >= 0.3 is 5.97 Å². The van der Waals surface area contributed by atoms with Crippen LogP contribution in [0.1, 0.15) is 47.2 Å². The number of carboxylic acid groups (broad SMARTS) is 1. The maximum atomic E-state index is 12.6. The number of nitrogens with one attached hydrogen (secondary N) is 2. The zero-order chi connectivity index (χ0) is 20.0. The van der Waals surface area contributed by atoms with Crippen LogP contribution in [0.4, 0.5) is 5.69 Å². The highest BCUT2D eigenvalue weighted by atomic mass is 16.4. The van der Waals surface area contributed by atoms with E-state index in [2.05, 4.69) is 20.6 Å². The fourth-order valence-corrected chi connectivity index (χ4v) is 2.43. The van der Waals surface area contributed by atoms with E-state index in [1.54, 1.807) is 31.2 Å². The fourth-order valence-electron chi connectivity index (χ4n) is 2.43. The molecule has 27 heavy (non-hydrogen) atoms. The van der Waals surface area contributed by atoms with Gasteiger partial charge in [-0.15, -0.1) is 0 Å². The Morgan fingerprint density at radius 3 is 2.41 bits per heavy atom. The van der Waals surface area contributed by atoms with E-state index in [0.717, 1.165) is 0 Å². The molecule has 2 rings (SSSR count). The van der Waals surface area contributed by atoms with Crippen LogP contribution in [0.2, 0.25) is 0 Å². The average molecular weight is 370 g/mol. The third-order valence-corrected chi connectivity index (χ3v) is 3.74. The summed E-state index contributed by atoms with van der Waals surface area (Å²) < 4.78 is 0. The minimum absolute atomic E-state index is 0.0603. The second kappa shape index (κ2) is 8.88. The van der Waals surface area contributed by atoms with E-state index in [9.17, 15) is 14.4 Å². The van der Waals surface area contributed by atoms with Gasteiger partial charge in [-0.2, -0.15) is 0 Å². The lowest BCUT2D eigenvalue weighted by Gasteiger charge is -2.12. The monoisotopic (exact) mass is 370 g/mol. The first-order valence-corrected chi connectivity index (χ1v) is 8.48. The molecule has 1 heterocycles. The van der Waals surface area contributed by atoms with Crippen molar-refractivity contribution in [2.75, 3.05) is 11.9 Å². The van der Waals surface area contributed by atoms with Crippen LogP contribution >= 0.6 is 0 Å². The molecule has 1 aromatic heterocycles. The first kappa shape index (κ1) is 20.0. The van der Waals surface area contributed by atoms with Crippen molar-refractivity contribution >= 4 is 23.5 Å². The number of anilines is 1. The summed E-state index contributed by atoms with van der Waals surface area (Å²) in [4.78, 5) is 43.1. The van der Waals surface area contributed by atoms with Crippen LogP contribution in [0.15, 0.2) is 30.5 Å². The molecule has 3 N–H and O–H groups in total. The smallest absolute Gasteiger partial charge is 0.322 e. The molecule has 0 aliphatic rings. The van der Waals surface area contributed by atoms with E-state index >= 15 is 0 Å². The van der Waals surface area contributed by atoms with Gasteiger partial charge < -0.3 is 15.7 Å². The molecule has 0 aliphatic heterocycles. The molecule has 0 atom stereocenters. The number of carbonyl (C=O) groups is 3. The second-order valence-corrected chi connectivity index (χ2v) is 6.37. The van der Waals surface area contributed by atoms with Crippen molar-refractivity contribution in [2.45, 2.75) is 33.1 Å². The van der Waals surface area contributed by atoms with Crippen molar-refractivity contribution in [3.8, 4) is 0 Å². The summed E-state index contributed by atoms with van der Waals surface area (Å²) in [6.45, 7) is 5.29. The van der Waals surface area contributed by atoms with Gasteiger partial charge in [0, 0.05) is 11.9 Å². The number of benzene rings is 1. The minimum atomic E-state index is -1.10. The second-order valence-electron chi connectivity index (χ2n) is 6.37. The van der Waals surface area contributed by atoms with Gasteiger partial charge in [-0.25, -0.2) is 9.97 Å². The first-order valence-electron chi connectivity index (χ1n) is 8.48. The van der Waals surface area contributed by atoms with E-state index < -0.39 is 12.5 Å². The van der Waals surface area contributed by atoms with Crippen LogP contribution < -0.4 is 10.6 Å². The third-order valence-electron chi connectivity index (χ3n) is 3.74. The first-order chi connectivity index (χ1) is 12.8. The summed E-state index contributed by atoms with van der Waals surface area (Å²) in [7, 11) is 0. The Balaban J connectivity index is 2.03. The number of nitrogens with zero attached hydrogens (tertiary/aromatic N) is 2. The standard InChI is InChI=1S/C19H22N4O4/c1-11(2)18-15(9-20-12(3)22-18)19(27)23-14-6-4-13(5-7-14)8-16(24)21-10-17(25)26/h4-7,9,11H,8,10H2,1-3H3,(H,21,24)(H,23,27)(H,25,26). The van der Waals surface area contributed by atoms with Gasteiger partial charge in [0.2, 0.25) is 5.91 Å². The molecular weight excluding hydrogens is 348 g/mol. The van der Waals surface area contributed by atoms with Crippen LogP contribution in [-0.4, -0.2) is 39.4 Å². The van der Waals surface area contributed by atoms with E-state index in [4.69, 9.17) is 5.11 Å². The van der Waals surface area contributed by atoms with Gasteiger partial charge in [-0.3, -0.25) is 14.4 Å². The molecule has 0 fully saturated rings. The van der Waals surface area contributed by atoms with Crippen molar-refractivity contribution in [2.24, 2.45) is 0 Å². The molecule has 0 bridgehead atoms. The molecule has 0 aliphatic carbocycles. The van der Waals surface area contributed by atoms with E-state index in [1.165, 1.54) is 6.20 Å². The van der Waals surface area contributed by atoms with Gasteiger partial charge in [0.15, 0.2) is 0 Å². The zero-order valence-electron chi connectivity index (χ0n) is 15.4. The Morgan fingerprint density at radius 2 is 1.81 bits per heavy atom. The van der Waals surface area contributed by atoms with Crippen LogP contribution in [0.5, 0.6) is 0 Å². The minimum Gasteiger partial charge on any atom is -0.480 e. The van der Waals surface area contributed by atoms with Crippen molar-refractivity contribution in [1.82, 2.24) is 15.3 Å². The molecule has 2 aromatic rings. The molecule has 8 nitrogen and oxygen atoms in total. The molecule has 0 spiro atoms. The Morgan fingerprint density at radius 1 is 1.15 bits per heavy atom. The molecule has 0 radical (unpaired) electrons.